The molecule has 0 aromatic heterocycles. The third-order valence-corrected chi connectivity index (χ3v) is 5.81. The summed E-state index contributed by atoms with van der Waals surface area (Å²) in [5, 5.41) is 8.79. The lowest BCUT2D eigenvalue weighted by molar-refractivity contribution is -0.130. The van der Waals surface area contributed by atoms with Gasteiger partial charge in [0, 0.05) is 25.7 Å². The Morgan fingerprint density at radius 1 is 1.24 bits per heavy atom. The van der Waals surface area contributed by atoms with Gasteiger partial charge in [-0.2, -0.15) is 0 Å². The number of aryl methyl sites for hydroxylation is 2. The minimum atomic E-state index is 0.195. The molecule has 1 saturated heterocycles. The standard InChI is InChI=1S/C25H32N2O2/c1-18(2)15-25(28)27-13-10-21(11-14-27)24-17-20(5-4-12-26-29)7-8-22-16-19(3)6-9-23(22)24/h4-6,9,12,16,26,29H,1,7-8,10-11,13-15,17H2,2-3H3/b12-4-,20-5-. The molecule has 1 amide bonds. The summed E-state index contributed by atoms with van der Waals surface area (Å²) in [5.74, 6) is 0.195. The van der Waals surface area contributed by atoms with Gasteiger partial charge in [0.1, 0.15) is 0 Å². The summed E-state index contributed by atoms with van der Waals surface area (Å²) < 4.78 is 0. The van der Waals surface area contributed by atoms with E-state index in [0.717, 1.165) is 50.8 Å². The third kappa shape index (κ3) is 5.48. The highest BCUT2D eigenvalue weighted by Crippen LogP contribution is 2.38. The number of allylic oxidation sites excluding steroid dienone is 4. The minimum Gasteiger partial charge on any atom is -0.342 e. The molecule has 2 aliphatic rings. The number of hydrogen-bond acceptors (Lipinski definition) is 3. The summed E-state index contributed by atoms with van der Waals surface area (Å²) in [7, 11) is 0. The topological polar surface area (TPSA) is 52.6 Å². The number of piperidine rings is 1. The number of nitrogens with zero attached hydrogens (tertiary/aromatic N) is 1. The zero-order valence-corrected chi connectivity index (χ0v) is 17.6. The highest BCUT2D eigenvalue weighted by atomic mass is 16.5. The first kappa shape index (κ1) is 21.1. The predicted molar refractivity (Wildman–Crippen MR) is 118 cm³/mol. The average Bonchev–Trinajstić information content (AvgIpc) is 2.87. The van der Waals surface area contributed by atoms with Crippen molar-refractivity contribution in [3.05, 3.63) is 76.5 Å². The van der Waals surface area contributed by atoms with Crippen LogP contribution in [0.3, 0.4) is 0 Å². The van der Waals surface area contributed by atoms with Crippen molar-refractivity contribution in [2.75, 3.05) is 13.1 Å². The number of rotatable bonds is 4. The number of carbonyl (C=O) groups excluding carboxylic acids is 1. The molecular formula is C25H32N2O2. The fraction of sp³-hybridized carbons (Fsp3) is 0.400. The van der Waals surface area contributed by atoms with Crippen molar-refractivity contribution in [2.45, 2.75) is 52.4 Å². The van der Waals surface area contributed by atoms with Crippen molar-refractivity contribution in [3.8, 4) is 0 Å². The van der Waals surface area contributed by atoms with E-state index in [9.17, 15) is 4.79 Å². The van der Waals surface area contributed by atoms with Crippen molar-refractivity contribution in [2.24, 2.45) is 0 Å². The van der Waals surface area contributed by atoms with Crippen LogP contribution in [0.2, 0.25) is 0 Å². The fourth-order valence-corrected chi connectivity index (χ4v) is 4.31. The number of likely N-dealkylation sites (tertiary alicyclic amines) is 1. The number of hydroxylamine groups is 1. The molecule has 2 N–H and O–H groups in total. The lowest BCUT2D eigenvalue weighted by Gasteiger charge is -2.30. The van der Waals surface area contributed by atoms with Crippen LogP contribution in [0.25, 0.3) is 5.57 Å². The maximum atomic E-state index is 12.4. The predicted octanol–water partition coefficient (Wildman–Crippen LogP) is 5.09. The molecule has 1 heterocycles. The summed E-state index contributed by atoms with van der Waals surface area (Å²) in [6.07, 6.45) is 10.8. The van der Waals surface area contributed by atoms with Crippen LogP contribution in [0.15, 0.2) is 59.8 Å². The zero-order valence-electron chi connectivity index (χ0n) is 17.6. The Morgan fingerprint density at radius 2 is 2.00 bits per heavy atom. The van der Waals surface area contributed by atoms with Crippen LogP contribution >= 0.6 is 0 Å². The molecule has 0 saturated carbocycles. The molecule has 4 nitrogen and oxygen atoms in total. The molecule has 1 aromatic rings. The Hall–Kier alpha value is -2.59. The monoisotopic (exact) mass is 392 g/mol. The molecule has 1 aromatic carbocycles. The van der Waals surface area contributed by atoms with E-state index in [1.54, 1.807) is 0 Å². The molecule has 0 bridgehead atoms. The zero-order chi connectivity index (χ0) is 20.8. The Bertz CT molecular complexity index is 867. The van der Waals surface area contributed by atoms with Gasteiger partial charge in [-0.1, -0.05) is 53.1 Å². The number of carbonyl (C=O) groups is 1. The highest BCUT2D eigenvalue weighted by Gasteiger charge is 2.24. The Labute approximate surface area is 174 Å². The van der Waals surface area contributed by atoms with Crippen molar-refractivity contribution < 1.29 is 10.0 Å². The molecule has 0 radical (unpaired) electrons. The first-order chi connectivity index (χ1) is 14.0. The van der Waals surface area contributed by atoms with Gasteiger partial charge in [-0.25, -0.2) is 0 Å². The summed E-state index contributed by atoms with van der Waals surface area (Å²) >= 11 is 0. The fourth-order valence-electron chi connectivity index (χ4n) is 4.31. The minimum absolute atomic E-state index is 0.195. The van der Waals surface area contributed by atoms with Crippen molar-refractivity contribution >= 4 is 11.5 Å². The van der Waals surface area contributed by atoms with Gasteiger partial charge < -0.3 is 4.90 Å². The quantitative estimate of drug-likeness (QED) is 0.426. The van der Waals surface area contributed by atoms with Crippen LogP contribution in [0, 0.1) is 6.92 Å². The maximum Gasteiger partial charge on any atom is 0.226 e. The normalized spacial score (nSPS) is 18.7. The van der Waals surface area contributed by atoms with Gasteiger partial charge in [0.25, 0.3) is 0 Å². The Morgan fingerprint density at radius 3 is 2.69 bits per heavy atom. The van der Waals surface area contributed by atoms with Crippen LogP contribution < -0.4 is 5.48 Å². The van der Waals surface area contributed by atoms with E-state index >= 15 is 0 Å². The van der Waals surface area contributed by atoms with Gasteiger partial charge in [-0.3, -0.25) is 15.5 Å². The first-order valence-corrected chi connectivity index (χ1v) is 10.4. The van der Waals surface area contributed by atoms with Crippen LogP contribution in [-0.2, 0) is 11.2 Å². The molecule has 29 heavy (non-hydrogen) atoms. The molecule has 0 spiro atoms. The molecule has 0 atom stereocenters. The van der Waals surface area contributed by atoms with E-state index < -0.39 is 0 Å². The van der Waals surface area contributed by atoms with E-state index in [0.29, 0.717) is 6.42 Å². The van der Waals surface area contributed by atoms with Crippen molar-refractivity contribution in [1.29, 1.82) is 0 Å². The summed E-state index contributed by atoms with van der Waals surface area (Å²) in [6, 6.07) is 6.80. The summed E-state index contributed by atoms with van der Waals surface area (Å²) in [5.41, 5.74) is 11.4. The third-order valence-electron chi connectivity index (χ3n) is 5.81. The first-order valence-electron chi connectivity index (χ1n) is 10.4. The van der Waals surface area contributed by atoms with E-state index in [-0.39, 0.29) is 5.91 Å². The number of fused-ring (bicyclic) bond motifs is 1. The van der Waals surface area contributed by atoms with E-state index in [4.69, 9.17) is 5.21 Å². The molecule has 1 aliphatic carbocycles. The SMILES string of the molecule is C=C(C)CC(=O)N1CCC(=C2C/C(=C\C=C/NO)CCc3cc(C)ccc32)CC1. The second kappa shape index (κ2) is 9.75. The van der Waals surface area contributed by atoms with Gasteiger partial charge in [0.2, 0.25) is 5.91 Å². The molecular weight excluding hydrogens is 360 g/mol. The molecule has 154 valence electrons. The average molecular weight is 393 g/mol. The second-order valence-corrected chi connectivity index (χ2v) is 8.25. The number of hydrogen-bond donors (Lipinski definition) is 2. The maximum absolute atomic E-state index is 12.4. The van der Waals surface area contributed by atoms with Crippen LogP contribution in [0.5, 0.6) is 0 Å². The molecule has 4 heteroatoms. The smallest absolute Gasteiger partial charge is 0.226 e. The number of amides is 1. The number of benzene rings is 1. The summed E-state index contributed by atoms with van der Waals surface area (Å²) in [6.45, 7) is 9.51. The second-order valence-electron chi connectivity index (χ2n) is 8.25. The van der Waals surface area contributed by atoms with Gasteiger partial charge in [0.15, 0.2) is 0 Å². The van der Waals surface area contributed by atoms with Gasteiger partial charge in [0.05, 0.1) is 0 Å². The van der Waals surface area contributed by atoms with E-state index in [1.165, 1.54) is 39.6 Å². The van der Waals surface area contributed by atoms with Crippen molar-refractivity contribution in [3.63, 3.8) is 0 Å². The van der Waals surface area contributed by atoms with Crippen LogP contribution in [0.1, 0.15) is 55.7 Å². The number of nitrogens with one attached hydrogen (secondary N) is 1. The van der Waals surface area contributed by atoms with Gasteiger partial charge >= 0.3 is 0 Å². The molecule has 1 fully saturated rings. The lowest BCUT2D eigenvalue weighted by Crippen LogP contribution is -2.36. The van der Waals surface area contributed by atoms with Gasteiger partial charge in [-0.15, -0.1) is 0 Å². The largest absolute Gasteiger partial charge is 0.342 e. The van der Waals surface area contributed by atoms with E-state index in [1.807, 2.05) is 17.9 Å². The van der Waals surface area contributed by atoms with Crippen molar-refractivity contribution in [1.82, 2.24) is 10.4 Å². The summed E-state index contributed by atoms with van der Waals surface area (Å²) in [4.78, 5) is 14.4. The lowest BCUT2D eigenvalue weighted by atomic mass is 9.88. The molecule has 1 aliphatic heterocycles. The van der Waals surface area contributed by atoms with Crippen LogP contribution in [0.4, 0.5) is 0 Å². The van der Waals surface area contributed by atoms with Gasteiger partial charge in [-0.05, 0) is 68.7 Å². The van der Waals surface area contributed by atoms with E-state index in [2.05, 4.69) is 43.3 Å². The van der Waals surface area contributed by atoms with Crippen LogP contribution in [-0.4, -0.2) is 29.1 Å². The highest BCUT2D eigenvalue weighted by molar-refractivity contribution is 5.79. The molecule has 3 rings (SSSR count). The Kier molecular flexibility index (Phi) is 7.10. The Balaban J connectivity index is 1.88. The molecule has 0 unspecified atom stereocenters.